The van der Waals surface area contributed by atoms with Gasteiger partial charge in [0.15, 0.2) is 0 Å². The number of anilines is 1. The molecule has 0 spiro atoms. The minimum atomic E-state index is -1.01. The summed E-state index contributed by atoms with van der Waals surface area (Å²) in [6.45, 7) is 10.7. The zero-order valence-corrected chi connectivity index (χ0v) is 20.9. The zero-order chi connectivity index (χ0) is 25.6. The molecule has 2 aromatic rings. The lowest BCUT2D eigenvalue weighted by molar-refractivity contribution is -0.140. The first-order chi connectivity index (χ1) is 15.8. The largest absolute Gasteiger partial charge is 0.508 e. The summed E-state index contributed by atoms with van der Waals surface area (Å²) >= 11 is 0. The highest BCUT2D eigenvalue weighted by atomic mass is 16.6. The number of carbonyl (C=O) groups is 3. The van der Waals surface area contributed by atoms with Crippen molar-refractivity contribution in [2.45, 2.75) is 59.2 Å². The first-order valence-corrected chi connectivity index (χ1v) is 11.2. The van der Waals surface area contributed by atoms with Gasteiger partial charge >= 0.3 is 6.09 Å². The molecule has 0 aliphatic heterocycles. The van der Waals surface area contributed by atoms with Gasteiger partial charge in [-0.15, -0.1) is 0 Å². The van der Waals surface area contributed by atoms with Crippen molar-refractivity contribution in [3.8, 4) is 5.75 Å². The van der Waals surface area contributed by atoms with Crippen molar-refractivity contribution in [3.05, 3.63) is 59.7 Å². The molecule has 3 N–H and O–H groups in total. The van der Waals surface area contributed by atoms with E-state index in [1.165, 1.54) is 24.1 Å². The standard InChI is InChI=1S/C26H35N3O5/c1-16(2)21(28-25(33)34-26(4,5)6)24(32)29(7)22(18-12-14-19(30)15-13-18)23(31)27-20-11-9-8-10-17(20)3/h8-16,21-22,30H,1-7H3,(H,27,31)(H,28,33). The minimum absolute atomic E-state index is 0.0439. The van der Waals surface area contributed by atoms with Gasteiger partial charge in [0.25, 0.3) is 5.91 Å². The predicted molar refractivity (Wildman–Crippen MR) is 131 cm³/mol. The van der Waals surface area contributed by atoms with Crippen molar-refractivity contribution in [3.63, 3.8) is 0 Å². The molecule has 3 amide bonds. The van der Waals surface area contributed by atoms with Gasteiger partial charge in [0.2, 0.25) is 5.91 Å². The fourth-order valence-corrected chi connectivity index (χ4v) is 3.42. The van der Waals surface area contributed by atoms with E-state index in [0.29, 0.717) is 11.3 Å². The Kier molecular flexibility index (Phi) is 8.68. The van der Waals surface area contributed by atoms with Gasteiger partial charge in [-0.1, -0.05) is 44.2 Å². The quantitative estimate of drug-likeness (QED) is 0.557. The number of rotatable bonds is 7. The van der Waals surface area contributed by atoms with Crippen molar-refractivity contribution in [1.82, 2.24) is 10.2 Å². The van der Waals surface area contributed by atoms with Crippen LogP contribution in [0.3, 0.4) is 0 Å². The van der Waals surface area contributed by atoms with E-state index in [4.69, 9.17) is 4.74 Å². The van der Waals surface area contributed by atoms with E-state index in [1.54, 1.807) is 52.8 Å². The minimum Gasteiger partial charge on any atom is -0.508 e. The van der Waals surface area contributed by atoms with Crippen LogP contribution < -0.4 is 10.6 Å². The number of hydrogen-bond acceptors (Lipinski definition) is 5. The second kappa shape index (κ2) is 11.0. The molecule has 184 valence electrons. The third kappa shape index (κ3) is 7.23. The average Bonchev–Trinajstić information content (AvgIpc) is 2.73. The molecule has 8 nitrogen and oxygen atoms in total. The lowest BCUT2D eigenvalue weighted by Gasteiger charge is -2.33. The van der Waals surface area contributed by atoms with E-state index in [9.17, 15) is 19.5 Å². The molecule has 34 heavy (non-hydrogen) atoms. The van der Waals surface area contributed by atoms with Gasteiger partial charge in [-0.25, -0.2) is 4.79 Å². The van der Waals surface area contributed by atoms with Gasteiger partial charge in [0.05, 0.1) is 0 Å². The van der Waals surface area contributed by atoms with Crippen molar-refractivity contribution in [1.29, 1.82) is 0 Å². The summed E-state index contributed by atoms with van der Waals surface area (Å²) in [5.41, 5.74) is 1.30. The van der Waals surface area contributed by atoms with Crippen molar-refractivity contribution in [2.24, 2.45) is 5.92 Å². The molecule has 0 heterocycles. The zero-order valence-electron chi connectivity index (χ0n) is 20.9. The van der Waals surface area contributed by atoms with Crippen LogP contribution in [0.4, 0.5) is 10.5 Å². The van der Waals surface area contributed by atoms with Gasteiger partial charge in [-0.05, 0) is 62.9 Å². The summed E-state index contributed by atoms with van der Waals surface area (Å²) in [5.74, 6) is -1.08. The topological polar surface area (TPSA) is 108 Å². The van der Waals surface area contributed by atoms with E-state index in [1.807, 2.05) is 25.1 Å². The Labute approximate surface area is 201 Å². The molecular formula is C26H35N3O5. The Morgan fingerprint density at radius 1 is 1.00 bits per heavy atom. The Bertz CT molecular complexity index is 1010. The van der Waals surface area contributed by atoms with Gasteiger partial charge in [0.1, 0.15) is 23.4 Å². The molecular weight excluding hydrogens is 434 g/mol. The number of aromatic hydroxyl groups is 1. The molecule has 0 bridgehead atoms. The lowest BCUT2D eigenvalue weighted by atomic mass is 9.99. The summed E-state index contributed by atoms with van der Waals surface area (Å²) in [5, 5.41) is 15.2. The fraction of sp³-hybridized carbons (Fsp3) is 0.423. The third-order valence-electron chi connectivity index (χ3n) is 5.20. The number of para-hydroxylation sites is 1. The number of phenolic OH excluding ortho intramolecular Hbond substituents is 1. The van der Waals surface area contributed by atoms with Crippen LogP contribution in [0.15, 0.2) is 48.5 Å². The number of nitrogens with one attached hydrogen (secondary N) is 2. The summed E-state index contributed by atoms with van der Waals surface area (Å²) in [4.78, 5) is 40.6. The molecule has 2 unspecified atom stereocenters. The summed E-state index contributed by atoms with van der Waals surface area (Å²) in [6, 6.07) is 11.5. The van der Waals surface area contributed by atoms with E-state index in [-0.39, 0.29) is 11.7 Å². The molecule has 2 aromatic carbocycles. The van der Waals surface area contributed by atoms with E-state index >= 15 is 0 Å². The number of hydrogen-bond donors (Lipinski definition) is 3. The molecule has 0 radical (unpaired) electrons. The van der Waals surface area contributed by atoms with Gasteiger partial charge in [-0.3, -0.25) is 9.59 Å². The average molecular weight is 470 g/mol. The maximum Gasteiger partial charge on any atom is 0.408 e. The maximum absolute atomic E-state index is 13.5. The Balaban J connectivity index is 2.36. The van der Waals surface area contributed by atoms with Crippen molar-refractivity contribution >= 4 is 23.6 Å². The Hall–Kier alpha value is -3.55. The number of ether oxygens (including phenoxy) is 1. The van der Waals surface area contributed by atoms with Gasteiger partial charge in [0, 0.05) is 12.7 Å². The number of alkyl carbamates (subject to hydrolysis) is 1. The van der Waals surface area contributed by atoms with Crippen LogP contribution in [-0.4, -0.2) is 46.6 Å². The van der Waals surface area contributed by atoms with Gasteiger partial charge < -0.3 is 25.4 Å². The van der Waals surface area contributed by atoms with Gasteiger partial charge in [-0.2, -0.15) is 0 Å². The highest BCUT2D eigenvalue weighted by Crippen LogP contribution is 2.26. The predicted octanol–water partition coefficient (Wildman–Crippen LogP) is 4.39. The van der Waals surface area contributed by atoms with Crippen LogP contribution in [0.5, 0.6) is 5.75 Å². The number of amides is 3. The highest BCUT2D eigenvalue weighted by molar-refractivity contribution is 5.99. The van der Waals surface area contributed by atoms with Crippen LogP contribution in [0.25, 0.3) is 0 Å². The van der Waals surface area contributed by atoms with Crippen LogP contribution >= 0.6 is 0 Å². The molecule has 0 aromatic heterocycles. The molecule has 8 heteroatoms. The van der Waals surface area contributed by atoms with Crippen LogP contribution in [0, 0.1) is 12.8 Å². The second-order valence-electron chi connectivity index (χ2n) is 9.62. The fourth-order valence-electron chi connectivity index (χ4n) is 3.42. The van der Waals surface area contributed by atoms with E-state index in [0.717, 1.165) is 5.56 Å². The van der Waals surface area contributed by atoms with E-state index in [2.05, 4.69) is 10.6 Å². The number of benzene rings is 2. The second-order valence-corrected chi connectivity index (χ2v) is 9.62. The number of aryl methyl sites for hydroxylation is 1. The lowest BCUT2D eigenvalue weighted by Crippen LogP contribution is -2.53. The Morgan fingerprint density at radius 2 is 1.59 bits per heavy atom. The maximum atomic E-state index is 13.5. The summed E-state index contributed by atoms with van der Waals surface area (Å²) in [7, 11) is 1.52. The molecule has 2 rings (SSSR count). The van der Waals surface area contributed by atoms with Crippen LogP contribution in [0.2, 0.25) is 0 Å². The SMILES string of the molecule is Cc1ccccc1NC(=O)C(c1ccc(O)cc1)N(C)C(=O)C(NC(=O)OC(C)(C)C)C(C)C. The normalized spacial score (nSPS) is 13.1. The summed E-state index contributed by atoms with van der Waals surface area (Å²) in [6.07, 6.45) is -0.710. The van der Waals surface area contributed by atoms with Crippen molar-refractivity contribution in [2.75, 3.05) is 12.4 Å². The Morgan fingerprint density at radius 3 is 2.12 bits per heavy atom. The molecule has 0 saturated carbocycles. The van der Waals surface area contributed by atoms with Crippen LogP contribution in [0.1, 0.15) is 51.8 Å². The smallest absolute Gasteiger partial charge is 0.408 e. The highest BCUT2D eigenvalue weighted by Gasteiger charge is 2.35. The number of likely N-dealkylation sites (N-methyl/N-ethyl adjacent to an activating group) is 1. The molecule has 0 fully saturated rings. The van der Waals surface area contributed by atoms with E-state index < -0.39 is 35.6 Å². The number of nitrogens with zero attached hydrogens (tertiary/aromatic N) is 1. The molecule has 0 aliphatic carbocycles. The molecule has 0 saturated heterocycles. The number of phenols is 1. The molecule has 0 aliphatic rings. The van der Waals surface area contributed by atoms with Crippen molar-refractivity contribution < 1.29 is 24.2 Å². The van der Waals surface area contributed by atoms with Crippen LogP contribution in [-0.2, 0) is 14.3 Å². The first kappa shape index (κ1) is 26.7. The monoisotopic (exact) mass is 469 g/mol. The third-order valence-corrected chi connectivity index (χ3v) is 5.20. The number of carbonyl (C=O) groups excluding carboxylic acids is 3. The summed E-state index contributed by atoms with van der Waals surface area (Å²) < 4.78 is 5.32. The molecule has 2 atom stereocenters. The first-order valence-electron chi connectivity index (χ1n) is 11.2.